The van der Waals surface area contributed by atoms with E-state index in [-0.39, 0.29) is 37.2 Å². The lowest BCUT2D eigenvalue weighted by Crippen LogP contribution is -2.52. The van der Waals surface area contributed by atoms with Gasteiger partial charge in [-0.15, -0.1) is 37.2 Å². The number of hydrogen-bond acceptors (Lipinski definition) is 3. The van der Waals surface area contributed by atoms with E-state index in [9.17, 15) is 0 Å². The van der Waals surface area contributed by atoms with Crippen LogP contribution in [-0.4, -0.2) is 56.1 Å². The zero-order valence-electron chi connectivity index (χ0n) is 14.6. The third-order valence-electron chi connectivity index (χ3n) is 5.38. The second-order valence-corrected chi connectivity index (χ2v) is 6.54. The van der Waals surface area contributed by atoms with Gasteiger partial charge in [0.05, 0.1) is 0 Å². The molecule has 2 aliphatic heterocycles. The van der Waals surface area contributed by atoms with Crippen LogP contribution in [0.2, 0.25) is 0 Å². The molecular weight excluding hydrogens is 365 g/mol. The van der Waals surface area contributed by atoms with Crippen LogP contribution in [0.25, 0.3) is 0 Å². The number of benzene rings is 1. The van der Waals surface area contributed by atoms with E-state index in [1.807, 2.05) is 7.05 Å². The fourth-order valence-corrected chi connectivity index (χ4v) is 4.10. The van der Waals surface area contributed by atoms with Gasteiger partial charge in [-0.2, -0.15) is 0 Å². The van der Waals surface area contributed by atoms with Gasteiger partial charge in [0, 0.05) is 31.7 Å². The van der Waals surface area contributed by atoms with Gasteiger partial charge in [-0.3, -0.25) is 4.90 Å². The number of nitrogens with zero attached hydrogens (tertiary/aromatic N) is 2. The third kappa shape index (κ3) is 5.23. The van der Waals surface area contributed by atoms with Crippen LogP contribution in [-0.2, 0) is 5.54 Å². The van der Waals surface area contributed by atoms with Crippen LogP contribution in [0.5, 0.6) is 0 Å². The molecule has 0 radical (unpaired) electrons. The van der Waals surface area contributed by atoms with Gasteiger partial charge in [-0.05, 0) is 51.4 Å². The summed E-state index contributed by atoms with van der Waals surface area (Å²) in [5, 5.41) is 3.27. The van der Waals surface area contributed by atoms with E-state index in [0.717, 1.165) is 6.54 Å². The maximum atomic E-state index is 3.27. The molecule has 3 rings (SSSR count). The van der Waals surface area contributed by atoms with Gasteiger partial charge in [-0.25, -0.2) is 0 Å². The fraction of sp³-hybridized carbons (Fsp3) is 0.667. The maximum absolute atomic E-state index is 3.27. The van der Waals surface area contributed by atoms with Crippen molar-refractivity contribution < 1.29 is 0 Å². The van der Waals surface area contributed by atoms with Crippen molar-refractivity contribution in [3.63, 3.8) is 0 Å². The number of likely N-dealkylation sites (tertiary alicyclic amines) is 2. The standard InChI is InChI=1S/C18H29N3.3ClH/c1-19-11-16-20-14-9-18(10-15-20,21-12-5-6-13-21)17-7-3-2-4-8-17;;;/h2-4,7-8,19H,5-6,9-16H2,1H3;3*1H. The normalized spacial score (nSPS) is 20.5. The molecule has 24 heavy (non-hydrogen) atoms. The zero-order valence-corrected chi connectivity index (χ0v) is 17.0. The minimum atomic E-state index is 0. The number of halogens is 3. The van der Waals surface area contributed by atoms with E-state index in [0.29, 0.717) is 5.54 Å². The zero-order chi connectivity index (χ0) is 14.5. The van der Waals surface area contributed by atoms with E-state index < -0.39 is 0 Å². The van der Waals surface area contributed by atoms with E-state index in [4.69, 9.17) is 0 Å². The van der Waals surface area contributed by atoms with Gasteiger partial charge >= 0.3 is 0 Å². The van der Waals surface area contributed by atoms with E-state index in [2.05, 4.69) is 45.4 Å². The Labute approximate surface area is 165 Å². The van der Waals surface area contributed by atoms with Gasteiger partial charge in [0.1, 0.15) is 0 Å². The molecule has 6 heteroatoms. The van der Waals surface area contributed by atoms with Gasteiger partial charge in [0.15, 0.2) is 0 Å². The summed E-state index contributed by atoms with van der Waals surface area (Å²) in [4.78, 5) is 5.39. The monoisotopic (exact) mass is 395 g/mol. The molecule has 1 aromatic carbocycles. The van der Waals surface area contributed by atoms with Crippen molar-refractivity contribution >= 4 is 37.2 Å². The highest BCUT2D eigenvalue weighted by Gasteiger charge is 2.41. The molecule has 3 nitrogen and oxygen atoms in total. The van der Waals surface area contributed by atoms with Crippen LogP contribution in [0.3, 0.4) is 0 Å². The first-order valence-electron chi connectivity index (χ1n) is 8.53. The largest absolute Gasteiger partial charge is 0.318 e. The lowest BCUT2D eigenvalue weighted by atomic mass is 9.79. The van der Waals surface area contributed by atoms with E-state index in [1.54, 1.807) is 5.56 Å². The van der Waals surface area contributed by atoms with Crippen molar-refractivity contribution in [3.05, 3.63) is 35.9 Å². The van der Waals surface area contributed by atoms with Gasteiger partial charge in [0.2, 0.25) is 0 Å². The second kappa shape index (κ2) is 11.6. The lowest BCUT2D eigenvalue weighted by molar-refractivity contribution is 0.0347. The summed E-state index contributed by atoms with van der Waals surface area (Å²) < 4.78 is 0. The molecule has 2 saturated heterocycles. The highest BCUT2D eigenvalue weighted by atomic mass is 35.5. The highest BCUT2D eigenvalue weighted by molar-refractivity contribution is 5.86. The van der Waals surface area contributed by atoms with Crippen molar-refractivity contribution in [2.24, 2.45) is 0 Å². The molecule has 0 amide bonds. The second-order valence-electron chi connectivity index (χ2n) is 6.54. The molecule has 1 N–H and O–H groups in total. The topological polar surface area (TPSA) is 18.5 Å². The Morgan fingerprint density at radius 2 is 1.50 bits per heavy atom. The Bertz CT molecular complexity index is 430. The highest BCUT2D eigenvalue weighted by Crippen LogP contribution is 2.40. The van der Waals surface area contributed by atoms with Crippen LogP contribution < -0.4 is 5.32 Å². The summed E-state index contributed by atoms with van der Waals surface area (Å²) in [5.41, 5.74) is 1.84. The SMILES string of the molecule is CNCCN1CCC(c2ccccc2)(N2CCCC2)CC1.Cl.Cl.Cl. The molecule has 0 atom stereocenters. The average molecular weight is 397 g/mol. The van der Waals surface area contributed by atoms with Crippen molar-refractivity contribution in [2.75, 3.05) is 46.3 Å². The quantitative estimate of drug-likeness (QED) is 0.821. The fourth-order valence-electron chi connectivity index (χ4n) is 4.10. The molecule has 0 aliphatic carbocycles. The van der Waals surface area contributed by atoms with Crippen LogP contribution in [0.1, 0.15) is 31.2 Å². The molecular formula is C18H32Cl3N3. The molecule has 0 aromatic heterocycles. The predicted octanol–water partition coefficient (Wildman–Crippen LogP) is 3.56. The Hall–Kier alpha value is -0.0300. The smallest absolute Gasteiger partial charge is 0.0484 e. The molecule has 2 fully saturated rings. The molecule has 0 unspecified atom stereocenters. The molecule has 1 aromatic rings. The van der Waals surface area contributed by atoms with Crippen LogP contribution in [0, 0.1) is 0 Å². The van der Waals surface area contributed by atoms with Gasteiger partial charge in [0.25, 0.3) is 0 Å². The predicted molar refractivity (Wildman–Crippen MR) is 110 cm³/mol. The van der Waals surface area contributed by atoms with Crippen molar-refractivity contribution in [2.45, 2.75) is 31.2 Å². The molecule has 2 heterocycles. The minimum absolute atomic E-state index is 0. The summed E-state index contributed by atoms with van der Waals surface area (Å²) in [7, 11) is 2.04. The summed E-state index contributed by atoms with van der Waals surface area (Å²) in [6, 6.07) is 11.3. The summed E-state index contributed by atoms with van der Waals surface area (Å²) in [5.74, 6) is 0. The molecule has 0 spiro atoms. The number of rotatable bonds is 5. The number of hydrogen-bond donors (Lipinski definition) is 1. The summed E-state index contributed by atoms with van der Waals surface area (Å²) >= 11 is 0. The third-order valence-corrected chi connectivity index (χ3v) is 5.38. The Morgan fingerprint density at radius 1 is 0.917 bits per heavy atom. The minimum Gasteiger partial charge on any atom is -0.318 e. The number of likely N-dealkylation sites (N-methyl/N-ethyl adjacent to an activating group) is 1. The summed E-state index contributed by atoms with van der Waals surface area (Å²) in [6.07, 6.45) is 5.30. The van der Waals surface area contributed by atoms with Gasteiger partial charge in [-0.1, -0.05) is 30.3 Å². The van der Waals surface area contributed by atoms with Gasteiger partial charge < -0.3 is 10.2 Å². The van der Waals surface area contributed by atoms with Crippen molar-refractivity contribution in [1.82, 2.24) is 15.1 Å². The molecule has 140 valence electrons. The van der Waals surface area contributed by atoms with Crippen molar-refractivity contribution in [3.8, 4) is 0 Å². The number of nitrogens with one attached hydrogen (secondary N) is 1. The Kier molecular flexibility index (Phi) is 11.5. The van der Waals surface area contributed by atoms with E-state index in [1.165, 1.54) is 58.4 Å². The van der Waals surface area contributed by atoms with Crippen molar-refractivity contribution in [1.29, 1.82) is 0 Å². The average Bonchev–Trinajstić information content (AvgIpc) is 3.09. The van der Waals surface area contributed by atoms with Crippen LogP contribution in [0.15, 0.2) is 30.3 Å². The van der Waals surface area contributed by atoms with E-state index >= 15 is 0 Å². The Morgan fingerprint density at radius 3 is 2.04 bits per heavy atom. The maximum Gasteiger partial charge on any atom is 0.0484 e. The molecule has 0 saturated carbocycles. The lowest BCUT2D eigenvalue weighted by Gasteiger charge is -2.48. The molecule has 2 aliphatic rings. The first-order chi connectivity index (χ1) is 10.3. The summed E-state index contributed by atoms with van der Waals surface area (Å²) in [6.45, 7) is 7.31. The Balaban J connectivity index is 0.00000176. The number of piperidine rings is 1. The molecule has 0 bridgehead atoms. The van der Waals surface area contributed by atoms with Crippen LogP contribution in [0.4, 0.5) is 0 Å². The van der Waals surface area contributed by atoms with Crippen LogP contribution >= 0.6 is 37.2 Å². The first kappa shape index (κ1) is 24.0. The first-order valence-corrected chi connectivity index (χ1v) is 8.53.